The highest BCUT2D eigenvalue weighted by molar-refractivity contribution is 5.92. The Hall–Kier alpha value is -2.86. The fraction of sp³-hybridized carbons (Fsp3) is 0.417. The zero-order valence-electron chi connectivity index (χ0n) is 18.1. The molecule has 0 radical (unpaired) electrons. The second-order valence-electron chi connectivity index (χ2n) is 7.53. The molecule has 1 saturated heterocycles. The lowest BCUT2D eigenvalue weighted by atomic mass is 10.0. The minimum absolute atomic E-state index is 0.0137. The number of benzene rings is 1. The Morgan fingerprint density at radius 2 is 2.00 bits per heavy atom. The summed E-state index contributed by atoms with van der Waals surface area (Å²) in [5.74, 6) is 1.42. The zero-order valence-corrected chi connectivity index (χ0v) is 18.1. The molecule has 160 valence electrons. The molecule has 6 nitrogen and oxygen atoms in total. The van der Waals surface area contributed by atoms with Crippen molar-refractivity contribution in [1.82, 2.24) is 14.8 Å². The van der Waals surface area contributed by atoms with Crippen LogP contribution in [0.15, 0.2) is 48.7 Å². The molecule has 1 aliphatic heterocycles. The van der Waals surface area contributed by atoms with Crippen molar-refractivity contribution in [2.45, 2.75) is 25.3 Å². The lowest BCUT2D eigenvalue weighted by Crippen LogP contribution is -2.45. The first kappa shape index (κ1) is 21.8. The Labute approximate surface area is 179 Å². The average Bonchev–Trinajstić information content (AvgIpc) is 2.81. The van der Waals surface area contributed by atoms with Crippen LogP contribution in [0, 0.1) is 0 Å². The van der Waals surface area contributed by atoms with Crippen LogP contribution in [0.25, 0.3) is 6.08 Å². The van der Waals surface area contributed by atoms with Crippen LogP contribution in [-0.2, 0) is 11.2 Å². The van der Waals surface area contributed by atoms with Gasteiger partial charge in [-0.1, -0.05) is 6.07 Å². The van der Waals surface area contributed by atoms with Crippen molar-refractivity contribution in [3.05, 3.63) is 59.9 Å². The van der Waals surface area contributed by atoms with E-state index in [1.54, 1.807) is 26.4 Å². The van der Waals surface area contributed by atoms with Gasteiger partial charge in [0.25, 0.3) is 0 Å². The van der Waals surface area contributed by atoms with Crippen LogP contribution in [0.5, 0.6) is 11.5 Å². The van der Waals surface area contributed by atoms with Gasteiger partial charge in [0, 0.05) is 68.7 Å². The zero-order chi connectivity index (χ0) is 21.3. The normalized spacial score (nSPS) is 15.3. The smallest absolute Gasteiger partial charge is 0.246 e. The van der Waals surface area contributed by atoms with E-state index in [0.29, 0.717) is 5.75 Å². The fourth-order valence-corrected chi connectivity index (χ4v) is 3.76. The molecule has 2 aromatic rings. The average molecular weight is 410 g/mol. The minimum atomic E-state index is 0.0137. The molecule has 1 fully saturated rings. The van der Waals surface area contributed by atoms with Gasteiger partial charge < -0.3 is 19.3 Å². The predicted octanol–water partition coefficient (Wildman–Crippen LogP) is 3.28. The van der Waals surface area contributed by atoms with Crippen molar-refractivity contribution >= 4 is 12.0 Å². The number of likely N-dealkylation sites (N-methyl/N-ethyl adjacent to an activating group) is 1. The maximum atomic E-state index is 12.7. The lowest BCUT2D eigenvalue weighted by molar-refractivity contribution is -0.127. The third-order valence-corrected chi connectivity index (χ3v) is 5.71. The van der Waals surface area contributed by atoms with E-state index in [1.807, 2.05) is 48.5 Å². The van der Waals surface area contributed by atoms with Gasteiger partial charge in [0.15, 0.2) is 0 Å². The molecule has 0 spiro atoms. The van der Waals surface area contributed by atoms with Gasteiger partial charge in [-0.15, -0.1) is 0 Å². The van der Waals surface area contributed by atoms with Crippen molar-refractivity contribution in [1.29, 1.82) is 0 Å². The molecule has 2 heterocycles. The molecule has 3 rings (SSSR count). The number of amides is 1. The van der Waals surface area contributed by atoms with E-state index >= 15 is 0 Å². The van der Waals surface area contributed by atoms with E-state index in [1.165, 1.54) is 0 Å². The quantitative estimate of drug-likeness (QED) is 0.627. The van der Waals surface area contributed by atoms with Crippen molar-refractivity contribution in [3.63, 3.8) is 0 Å². The highest BCUT2D eigenvalue weighted by Crippen LogP contribution is 2.25. The van der Waals surface area contributed by atoms with Crippen LogP contribution in [0.1, 0.15) is 24.1 Å². The summed E-state index contributed by atoms with van der Waals surface area (Å²) >= 11 is 0. The van der Waals surface area contributed by atoms with Crippen LogP contribution >= 0.6 is 0 Å². The Balaban J connectivity index is 1.49. The topological polar surface area (TPSA) is 54.9 Å². The summed E-state index contributed by atoms with van der Waals surface area (Å²) in [7, 11) is 5.13. The van der Waals surface area contributed by atoms with Crippen LogP contribution in [0.3, 0.4) is 0 Å². The van der Waals surface area contributed by atoms with Crippen molar-refractivity contribution < 1.29 is 14.3 Å². The molecule has 0 atom stereocenters. The summed E-state index contributed by atoms with van der Waals surface area (Å²) in [5, 5.41) is 0. The van der Waals surface area contributed by atoms with E-state index in [0.717, 1.165) is 55.9 Å². The van der Waals surface area contributed by atoms with Gasteiger partial charge in [0.1, 0.15) is 11.5 Å². The fourth-order valence-electron chi connectivity index (χ4n) is 3.76. The van der Waals surface area contributed by atoms with Gasteiger partial charge >= 0.3 is 0 Å². The molecular formula is C24H31N3O3. The molecule has 0 saturated carbocycles. The Kier molecular flexibility index (Phi) is 7.85. The van der Waals surface area contributed by atoms with Crippen molar-refractivity contribution in [2.75, 3.05) is 40.9 Å². The van der Waals surface area contributed by atoms with Crippen LogP contribution in [-0.4, -0.2) is 67.6 Å². The van der Waals surface area contributed by atoms with Gasteiger partial charge in [-0.2, -0.15) is 0 Å². The summed E-state index contributed by atoms with van der Waals surface area (Å²) < 4.78 is 10.6. The maximum absolute atomic E-state index is 12.7. The lowest BCUT2D eigenvalue weighted by Gasteiger charge is -2.36. The number of ether oxygens (including phenoxy) is 2. The summed E-state index contributed by atoms with van der Waals surface area (Å²) in [6.45, 7) is 3.02. The number of methoxy groups -OCH3 is 2. The van der Waals surface area contributed by atoms with Gasteiger partial charge in [0.2, 0.25) is 5.91 Å². The molecule has 1 aromatic carbocycles. The molecule has 0 bridgehead atoms. The van der Waals surface area contributed by atoms with Crippen LogP contribution in [0.4, 0.5) is 0 Å². The molecule has 1 aromatic heterocycles. The first-order valence-electron chi connectivity index (χ1n) is 10.4. The summed E-state index contributed by atoms with van der Waals surface area (Å²) in [6, 6.07) is 11.9. The third kappa shape index (κ3) is 5.83. The number of rotatable bonds is 8. The second-order valence-corrected chi connectivity index (χ2v) is 7.53. The molecule has 1 amide bonds. The van der Waals surface area contributed by atoms with Crippen LogP contribution < -0.4 is 9.47 Å². The predicted molar refractivity (Wildman–Crippen MR) is 119 cm³/mol. The summed E-state index contributed by atoms with van der Waals surface area (Å²) in [6.07, 6.45) is 8.22. The van der Waals surface area contributed by atoms with Gasteiger partial charge in [-0.05, 0) is 43.2 Å². The van der Waals surface area contributed by atoms with Crippen molar-refractivity contribution in [3.8, 4) is 11.5 Å². The third-order valence-electron chi connectivity index (χ3n) is 5.71. The van der Waals surface area contributed by atoms with Crippen LogP contribution in [0.2, 0.25) is 0 Å². The molecule has 0 N–H and O–H groups in total. The largest absolute Gasteiger partial charge is 0.497 e. The second kappa shape index (κ2) is 10.8. The van der Waals surface area contributed by atoms with E-state index < -0.39 is 0 Å². The minimum Gasteiger partial charge on any atom is -0.497 e. The van der Waals surface area contributed by atoms with Gasteiger partial charge in [-0.3, -0.25) is 9.78 Å². The Morgan fingerprint density at radius 1 is 1.20 bits per heavy atom. The maximum Gasteiger partial charge on any atom is 0.246 e. The van der Waals surface area contributed by atoms with E-state index in [2.05, 4.69) is 16.0 Å². The van der Waals surface area contributed by atoms with Gasteiger partial charge in [0.05, 0.1) is 14.2 Å². The standard InChI is InChI=1S/C24H31N3O3/c1-26(24(28)10-8-19-7-9-22(29-2)18-23(19)30-3)21-12-16-27(17-13-21)15-11-20-6-4-5-14-25-20/h4-10,14,18,21H,11-13,15-17H2,1-3H3. The summed E-state index contributed by atoms with van der Waals surface area (Å²) in [4.78, 5) is 21.4. The number of aromatic nitrogens is 1. The van der Waals surface area contributed by atoms with Gasteiger partial charge in [-0.25, -0.2) is 0 Å². The first-order chi connectivity index (χ1) is 14.6. The number of nitrogens with zero attached hydrogens (tertiary/aromatic N) is 3. The monoisotopic (exact) mass is 409 g/mol. The molecule has 1 aliphatic rings. The van der Waals surface area contributed by atoms with Crippen molar-refractivity contribution in [2.24, 2.45) is 0 Å². The number of hydrogen-bond acceptors (Lipinski definition) is 5. The number of carbonyl (C=O) groups is 1. The number of piperidine rings is 1. The molecular weight excluding hydrogens is 378 g/mol. The Morgan fingerprint density at radius 3 is 2.67 bits per heavy atom. The summed E-state index contributed by atoms with van der Waals surface area (Å²) in [5.41, 5.74) is 1.98. The molecule has 0 aliphatic carbocycles. The number of carbonyl (C=O) groups excluding carboxylic acids is 1. The highest BCUT2D eigenvalue weighted by Gasteiger charge is 2.24. The molecule has 30 heavy (non-hydrogen) atoms. The Bertz CT molecular complexity index is 846. The SMILES string of the molecule is COc1ccc(C=CC(=O)N(C)C2CCN(CCc3ccccn3)CC2)c(OC)c1. The number of likely N-dealkylation sites (tertiary alicyclic amines) is 1. The molecule has 0 unspecified atom stereocenters. The van der Waals surface area contributed by atoms with E-state index in [4.69, 9.17) is 9.47 Å². The number of hydrogen-bond donors (Lipinski definition) is 0. The highest BCUT2D eigenvalue weighted by atomic mass is 16.5. The number of pyridine rings is 1. The van der Waals surface area contributed by atoms with E-state index in [-0.39, 0.29) is 11.9 Å². The first-order valence-corrected chi connectivity index (χ1v) is 10.4. The van der Waals surface area contributed by atoms with E-state index in [9.17, 15) is 4.79 Å². The molecule has 6 heteroatoms.